The highest BCUT2D eigenvalue weighted by Gasteiger charge is 2.19. The van der Waals surface area contributed by atoms with E-state index in [2.05, 4.69) is 21.4 Å². The summed E-state index contributed by atoms with van der Waals surface area (Å²) >= 11 is 0. The van der Waals surface area contributed by atoms with E-state index in [4.69, 9.17) is 0 Å². The maximum absolute atomic E-state index is 12.2. The summed E-state index contributed by atoms with van der Waals surface area (Å²) in [6.45, 7) is 9.14. The van der Waals surface area contributed by atoms with Gasteiger partial charge >= 0.3 is 0 Å². The van der Waals surface area contributed by atoms with Gasteiger partial charge in [0.25, 0.3) is 0 Å². The monoisotopic (exact) mass is 325 g/mol. The SMILES string of the molecule is CCCCS(=O)(=O)Nc1ccccc1N1CCN(CC)CC1. The van der Waals surface area contributed by atoms with E-state index in [1.807, 2.05) is 31.2 Å². The third-order valence-electron chi connectivity index (χ3n) is 4.10. The van der Waals surface area contributed by atoms with Crippen molar-refractivity contribution >= 4 is 21.4 Å². The molecule has 1 aliphatic heterocycles. The van der Waals surface area contributed by atoms with Gasteiger partial charge in [-0.1, -0.05) is 32.4 Å². The molecule has 0 saturated carbocycles. The van der Waals surface area contributed by atoms with E-state index in [0.717, 1.165) is 44.8 Å². The first kappa shape index (κ1) is 17.1. The molecule has 0 bridgehead atoms. The number of hydrogen-bond acceptors (Lipinski definition) is 4. The third kappa shape index (κ3) is 4.61. The van der Waals surface area contributed by atoms with E-state index in [1.54, 1.807) is 0 Å². The van der Waals surface area contributed by atoms with Crippen LogP contribution in [0.1, 0.15) is 26.7 Å². The highest BCUT2D eigenvalue weighted by molar-refractivity contribution is 7.92. The third-order valence-corrected chi connectivity index (χ3v) is 5.45. The molecule has 6 heteroatoms. The van der Waals surface area contributed by atoms with Gasteiger partial charge in [-0.2, -0.15) is 0 Å². The molecule has 1 heterocycles. The van der Waals surface area contributed by atoms with Crippen molar-refractivity contribution in [2.45, 2.75) is 26.7 Å². The minimum Gasteiger partial charge on any atom is -0.367 e. The Hall–Kier alpha value is -1.27. The Morgan fingerprint density at radius 2 is 1.77 bits per heavy atom. The molecule has 1 aliphatic rings. The Morgan fingerprint density at radius 3 is 2.41 bits per heavy atom. The second-order valence-electron chi connectivity index (χ2n) is 5.71. The zero-order valence-electron chi connectivity index (χ0n) is 13.6. The zero-order chi connectivity index (χ0) is 16.0. The van der Waals surface area contributed by atoms with Crippen LogP contribution in [0, 0.1) is 0 Å². The van der Waals surface area contributed by atoms with Crippen LogP contribution in [0.15, 0.2) is 24.3 Å². The van der Waals surface area contributed by atoms with Crippen LogP contribution in [0.3, 0.4) is 0 Å². The molecule has 0 aromatic heterocycles. The van der Waals surface area contributed by atoms with Crippen molar-refractivity contribution in [3.05, 3.63) is 24.3 Å². The number of rotatable bonds is 7. The van der Waals surface area contributed by atoms with Crippen LogP contribution in [0.5, 0.6) is 0 Å². The van der Waals surface area contributed by atoms with Gasteiger partial charge in [-0.3, -0.25) is 4.72 Å². The fraction of sp³-hybridized carbons (Fsp3) is 0.625. The largest absolute Gasteiger partial charge is 0.367 e. The second kappa shape index (κ2) is 7.83. The molecule has 0 unspecified atom stereocenters. The number of para-hydroxylation sites is 2. The van der Waals surface area contributed by atoms with Crippen molar-refractivity contribution in [3.63, 3.8) is 0 Å². The van der Waals surface area contributed by atoms with E-state index in [-0.39, 0.29) is 5.75 Å². The van der Waals surface area contributed by atoms with Crippen LogP contribution in [-0.4, -0.2) is 51.8 Å². The zero-order valence-corrected chi connectivity index (χ0v) is 14.4. The minimum absolute atomic E-state index is 0.182. The first-order chi connectivity index (χ1) is 10.6. The summed E-state index contributed by atoms with van der Waals surface area (Å²) in [5.74, 6) is 0.182. The summed E-state index contributed by atoms with van der Waals surface area (Å²) in [6.07, 6.45) is 1.56. The van der Waals surface area contributed by atoms with Gasteiger partial charge in [0, 0.05) is 26.2 Å². The van der Waals surface area contributed by atoms with Crippen LogP contribution < -0.4 is 9.62 Å². The smallest absolute Gasteiger partial charge is 0.232 e. The first-order valence-corrected chi connectivity index (χ1v) is 9.77. The lowest BCUT2D eigenvalue weighted by Gasteiger charge is -2.36. The molecule has 0 aliphatic carbocycles. The van der Waals surface area contributed by atoms with Crippen molar-refractivity contribution in [1.29, 1.82) is 0 Å². The van der Waals surface area contributed by atoms with Gasteiger partial charge in [-0.05, 0) is 25.1 Å². The molecule has 0 spiro atoms. The van der Waals surface area contributed by atoms with E-state index in [9.17, 15) is 8.42 Å². The molecule has 5 nitrogen and oxygen atoms in total. The molecule has 0 amide bonds. The number of unbranched alkanes of at least 4 members (excludes halogenated alkanes) is 1. The van der Waals surface area contributed by atoms with Gasteiger partial charge in [0.05, 0.1) is 17.1 Å². The molecular formula is C16H27N3O2S. The number of nitrogens with zero attached hydrogens (tertiary/aromatic N) is 2. The Kier molecular flexibility index (Phi) is 6.08. The summed E-state index contributed by atoms with van der Waals surface area (Å²) in [6, 6.07) is 7.69. The van der Waals surface area contributed by atoms with Crippen LogP contribution in [0.2, 0.25) is 0 Å². The molecular weight excluding hydrogens is 298 g/mol. The quantitative estimate of drug-likeness (QED) is 0.836. The lowest BCUT2D eigenvalue weighted by atomic mass is 10.2. The molecule has 1 N–H and O–H groups in total. The molecule has 0 atom stereocenters. The summed E-state index contributed by atoms with van der Waals surface area (Å²) in [5, 5.41) is 0. The average Bonchev–Trinajstić information content (AvgIpc) is 2.53. The van der Waals surface area contributed by atoms with Crippen molar-refractivity contribution < 1.29 is 8.42 Å². The van der Waals surface area contributed by atoms with Crippen LogP contribution in [0.25, 0.3) is 0 Å². The molecule has 2 rings (SSSR count). The Labute approximate surface area is 134 Å². The lowest BCUT2D eigenvalue weighted by Crippen LogP contribution is -2.46. The van der Waals surface area contributed by atoms with Crippen molar-refractivity contribution in [1.82, 2.24) is 4.90 Å². The molecule has 0 radical (unpaired) electrons. The number of sulfonamides is 1. The summed E-state index contributed by atoms with van der Waals surface area (Å²) < 4.78 is 27.1. The second-order valence-corrected chi connectivity index (χ2v) is 7.55. The first-order valence-electron chi connectivity index (χ1n) is 8.12. The van der Waals surface area contributed by atoms with Gasteiger partial charge < -0.3 is 9.80 Å². The molecule has 124 valence electrons. The maximum atomic E-state index is 12.2. The maximum Gasteiger partial charge on any atom is 0.232 e. The molecule has 1 aromatic rings. The summed E-state index contributed by atoms with van der Waals surface area (Å²) in [7, 11) is -3.26. The van der Waals surface area contributed by atoms with Crippen LogP contribution >= 0.6 is 0 Å². The fourth-order valence-corrected chi connectivity index (χ4v) is 3.97. The lowest BCUT2D eigenvalue weighted by molar-refractivity contribution is 0.271. The summed E-state index contributed by atoms with van der Waals surface area (Å²) in [4.78, 5) is 4.67. The van der Waals surface area contributed by atoms with Gasteiger partial charge in [-0.15, -0.1) is 0 Å². The molecule has 22 heavy (non-hydrogen) atoms. The van der Waals surface area contributed by atoms with E-state index in [0.29, 0.717) is 12.1 Å². The number of hydrogen-bond donors (Lipinski definition) is 1. The summed E-state index contributed by atoms with van der Waals surface area (Å²) in [5.41, 5.74) is 1.68. The van der Waals surface area contributed by atoms with Crippen molar-refractivity contribution in [2.75, 3.05) is 48.1 Å². The Balaban J connectivity index is 2.10. The Morgan fingerprint density at radius 1 is 1.09 bits per heavy atom. The van der Waals surface area contributed by atoms with Gasteiger partial charge in [-0.25, -0.2) is 8.42 Å². The number of nitrogens with one attached hydrogen (secondary N) is 1. The number of benzene rings is 1. The molecule has 1 aromatic carbocycles. The number of anilines is 2. The Bertz CT molecular complexity index is 567. The fourth-order valence-electron chi connectivity index (χ4n) is 2.69. The topological polar surface area (TPSA) is 52.7 Å². The molecule has 1 fully saturated rings. The molecule has 1 saturated heterocycles. The van der Waals surface area contributed by atoms with Crippen molar-refractivity contribution in [3.8, 4) is 0 Å². The van der Waals surface area contributed by atoms with E-state index < -0.39 is 10.0 Å². The van der Waals surface area contributed by atoms with Crippen LogP contribution in [0.4, 0.5) is 11.4 Å². The number of likely N-dealkylation sites (N-methyl/N-ethyl adjacent to an activating group) is 1. The van der Waals surface area contributed by atoms with Gasteiger partial charge in [0.15, 0.2) is 0 Å². The average molecular weight is 325 g/mol. The van der Waals surface area contributed by atoms with E-state index >= 15 is 0 Å². The van der Waals surface area contributed by atoms with Crippen LogP contribution in [-0.2, 0) is 10.0 Å². The van der Waals surface area contributed by atoms with E-state index in [1.165, 1.54) is 0 Å². The van der Waals surface area contributed by atoms with Gasteiger partial charge in [0.1, 0.15) is 0 Å². The standard InChI is InChI=1S/C16H27N3O2S/c1-3-5-14-22(20,21)17-15-8-6-7-9-16(15)19-12-10-18(4-2)11-13-19/h6-9,17H,3-5,10-14H2,1-2H3. The minimum atomic E-state index is -3.26. The predicted molar refractivity (Wildman–Crippen MR) is 93.1 cm³/mol. The number of piperazine rings is 1. The van der Waals surface area contributed by atoms with Gasteiger partial charge in [0.2, 0.25) is 10.0 Å². The normalized spacial score (nSPS) is 16.7. The van der Waals surface area contributed by atoms with Crippen molar-refractivity contribution in [2.24, 2.45) is 0 Å². The highest BCUT2D eigenvalue weighted by atomic mass is 32.2. The predicted octanol–water partition coefficient (Wildman–Crippen LogP) is 2.37. The highest BCUT2D eigenvalue weighted by Crippen LogP contribution is 2.27.